The van der Waals surface area contributed by atoms with Crippen LogP contribution in [0.25, 0.3) is 5.65 Å². The summed E-state index contributed by atoms with van der Waals surface area (Å²) in [6.07, 6.45) is 8.90. The Balaban J connectivity index is 2.52. The van der Waals surface area contributed by atoms with Crippen LogP contribution in [0.4, 0.5) is 0 Å². The number of aromatic nitrogens is 2. The predicted octanol–water partition coefficient (Wildman–Crippen LogP) is 5.04. The minimum absolute atomic E-state index is 0.758. The molecule has 2 heterocycles. The number of pyridine rings is 1. The van der Waals surface area contributed by atoms with E-state index in [9.17, 15) is 0 Å². The van der Waals surface area contributed by atoms with Crippen molar-refractivity contribution in [2.45, 2.75) is 34.1 Å². The molecule has 0 N–H and O–H groups in total. The molecule has 2 rings (SSSR count). The summed E-state index contributed by atoms with van der Waals surface area (Å²) < 4.78 is 9.03. The number of ether oxygens (including phenoxy) is 1. The van der Waals surface area contributed by atoms with Crippen molar-refractivity contribution >= 4 is 21.6 Å². The average Bonchev–Trinajstić information content (AvgIpc) is 2.77. The zero-order valence-electron chi connectivity index (χ0n) is 12.3. The van der Waals surface area contributed by atoms with E-state index in [0.717, 1.165) is 33.7 Å². The van der Waals surface area contributed by atoms with Gasteiger partial charge in [-0.1, -0.05) is 13.0 Å². The van der Waals surface area contributed by atoms with E-state index >= 15 is 0 Å². The lowest BCUT2D eigenvalue weighted by Gasteiger charge is -2.11. The fourth-order valence-corrected chi connectivity index (χ4v) is 2.37. The second kappa shape index (κ2) is 6.27. The summed E-state index contributed by atoms with van der Waals surface area (Å²) in [6.45, 7) is 8.17. The standard InChI is InChI=1S/C16H19BrN2O/c1-5-7-14(11(3)6-2)20-15-8-13(17)10-19-9-12(4)18-16(15)19/h5,7-10H,6H2,1-4H3/b7-5-,14-11+. The van der Waals surface area contributed by atoms with E-state index in [-0.39, 0.29) is 0 Å². The van der Waals surface area contributed by atoms with Crippen LogP contribution in [0.2, 0.25) is 0 Å². The number of hydrogen-bond donors (Lipinski definition) is 0. The molecular weight excluding hydrogens is 316 g/mol. The first-order valence-electron chi connectivity index (χ1n) is 6.70. The number of fused-ring (bicyclic) bond motifs is 1. The minimum atomic E-state index is 0.758. The lowest BCUT2D eigenvalue weighted by molar-refractivity contribution is 0.437. The van der Waals surface area contributed by atoms with Gasteiger partial charge < -0.3 is 9.14 Å². The molecule has 0 radical (unpaired) electrons. The predicted molar refractivity (Wildman–Crippen MR) is 86.1 cm³/mol. The van der Waals surface area contributed by atoms with E-state index in [1.807, 2.05) is 48.9 Å². The van der Waals surface area contributed by atoms with Crippen LogP contribution in [-0.4, -0.2) is 9.38 Å². The number of hydrogen-bond acceptors (Lipinski definition) is 2. The Morgan fingerprint density at radius 2 is 2.20 bits per heavy atom. The summed E-state index contributed by atoms with van der Waals surface area (Å²) >= 11 is 3.51. The first-order valence-corrected chi connectivity index (χ1v) is 7.49. The number of nitrogens with zero attached hydrogens (tertiary/aromatic N) is 2. The summed E-state index contributed by atoms with van der Waals surface area (Å²) in [5.41, 5.74) is 3.01. The molecule has 3 nitrogen and oxygen atoms in total. The molecule has 0 aliphatic carbocycles. The monoisotopic (exact) mass is 334 g/mol. The zero-order valence-corrected chi connectivity index (χ0v) is 13.9. The van der Waals surface area contributed by atoms with E-state index < -0.39 is 0 Å². The van der Waals surface area contributed by atoms with Gasteiger partial charge in [-0.15, -0.1) is 0 Å². The van der Waals surface area contributed by atoms with Crippen LogP contribution in [0.5, 0.6) is 5.75 Å². The van der Waals surface area contributed by atoms with Gasteiger partial charge in [0.15, 0.2) is 11.4 Å². The van der Waals surface area contributed by atoms with Crippen LogP contribution in [0.3, 0.4) is 0 Å². The Morgan fingerprint density at radius 1 is 1.45 bits per heavy atom. The lowest BCUT2D eigenvalue weighted by atomic mass is 10.2. The van der Waals surface area contributed by atoms with Crippen molar-refractivity contribution in [1.29, 1.82) is 0 Å². The summed E-state index contributed by atoms with van der Waals surface area (Å²) in [4.78, 5) is 4.52. The van der Waals surface area contributed by atoms with Gasteiger partial charge in [-0.25, -0.2) is 4.98 Å². The van der Waals surface area contributed by atoms with Crippen LogP contribution in [0, 0.1) is 6.92 Å². The second-order valence-electron chi connectivity index (χ2n) is 4.74. The van der Waals surface area contributed by atoms with Crippen molar-refractivity contribution < 1.29 is 4.74 Å². The molecule has 0 saturated heterocycles. The van der Waals surface area contributed by atoms with Crippen LogP contribution in [0.1, 0.15) is 32.9 Å². The Labute approximate surface area is 128 Å². The lowest BCUT2D eigenvalue weighted by Crippen LogP contribution is -1.98. The molecular formula is C16H19BrN2O. The van der Waals surface area contributed by atoms with Crippen LogP contribution < -0.4 is 4.74 Å². The topological polar surface area (TPSA) is 26.5 Å². The summed E-state index contributed by atoms with van der Waals surface area (Å²) in [5, 5.41) is 0. The van der Waals surface area contributed by atoms with Crippen molar-refractivity contribution in [1.82, 2.24) is 9.38 Å². The number of rotatable bonds is 4. The van der Waals surface area contributed by atoms with Crippen molar-refractivity contribution in [3.05, 3.63) is 52.1 Å². The van der Waals surface area contributed by atoms with Gasteiger partial charge in [0, 0.05) is 22.9 Å². The first kappa shape index (κ1) is 14.9. The van der Waals surface area contributed by atoms with Gasteiger partial charge in [0.1, 0.15) is 5.76 Å². The quantitative estimate of drug-likeness (QED) is 0.578. The normalized spacial score (nSPS) is 13.1. The first-order chi connectivity index (χ1) is 9.55. The fourth-order valence-electron chi connectivity index (χ4n) is 1.94. The molecule has 20 heavy (non-hydrogen) atoms. The van der Waals surface area contributed by atoms with Crippen LogP contribution >= 0.6 is 15.9 Å². The maximum absolute atomic E-state index is 6.09. The molecule has 2 aromatic heterocycles. The largest absolute Gasteiger partial charge is 0.453 e. The second-order valence-corrected chi connectivity index (χ2v) is 5.65. The van der Waals surface area contributed by atoms with E-state index in [0.29, 0.717) is 0 Å². The van der Waals surface area contributed by atoms with Gasteiger partial charge in [-0.05, 0) is 54.8 Å². The van der Waals surface area contributed by atoms with E-state index in [2.05, 4.69) is 34.8 Å². The zero-order chi connectivity index (χ0) is 14.7. The molecule has 0 spiro atoms. The third-order valence-electron chi connectivity index (χ3n) is 3.09. The molecule has 0 fully saturated rings. The SMILES string of the molecule is C/C=C\C(Oc1cc(Br)cn2cc(C)nc12)=C(\C)CC. The van der Waals surface area contributed by atoms with E-state index in [1.165, 1.54) is 5.57 Å². The highest BCUT2D eigenvalue weighted by Crippen LogP contribution is 2.27. The van der Waals surface area contributed by atoms with Gasteiger partial charge in [0.05, 0.1) is 5.69 Å². The highest BCUT2D eigenvalue weighted by Gasteiger charge is 2.10. The Kier molecular flexibility index (Phi) is 4.65. The molecule has 0 bridgehead atoms. The number of imidazole rings is 1. The van der Waals surface area contributed by atoms with Gasteiger partial charge >= 0.3 is 0 Å². The molecule has 106 valence electrons. The molecule has 4 heteroatoms. The van der Waals surface area contributed by atoms with Crippen molar-refractivity contribution in [3.63, 3.8) is 0 Å². The van der Waals surface area contributed by atoms with Crippen molar-refractivity contribution in [3.8, 4) is 5.75 Å². The molecule has 2 aromatic rings. The molecule has 0 unspecified atom stereocenters. The summed E-state index contributed by atoms with van der Waals surface area (Å²) in [7, 11) is 0. The van der Waals surface area contributed by atoms with Gasteiger partial charge in [0.2, 0.25) is 0 Å². The summed E-state index contributed by atoms with van der Waals surface area (Å²) in [6, 6.07) is 1.95. The molecule has 0 saturated carbocycles. The van der Waals surface area contributed by atoms with Gasteiger partial charge in [-0.2, -0.15) is 0 Å². The number of aryl methyl sites for hydroxylation is 1. The molecule has 0 aliphatic rings. The highest BCUT2D eigenvalue weighted by atomic mass is 79.9. The summed E-state index contributed by atoms with van der Waals surface area (Å²) in [5.74, 6) is 1.64. The smallest absolute Gasteiger partial charge is 0.180 e. The minimum Gasteiger partial charge on any atom is -0.453 e. The Bertz CT molecular complexity index is 683. The van der Waals surface area contributed by atoms with E-state index in [4.69, 9.17) is 4.74 Å². The maximum atomic E-state index is 6.09. The highest BCUT2D eigenvalue weighted by molar-refractivity contribution is 9.10. The average molecular weight is 335 g/mol. The molecule has 0 atom stereocenters. The fraction of sp³-hybridized carbons (Fsp3) is 0.312. The van der Waals surface area contributed by atoms with Crippen molar-refractivity contribution in [2.24, 2.45) is 0 Å². The van der Waals surface area contributed by atoms with Gasteiger partial charge in [0.25, 0.3) is 0 Å². The molecule has 0 aromatic carbocycles. The Morgan fingerprint density at radius 3 is 2.85 bits per heavy atom. The van der Waals surface area contributed by atoms with Crippen LogP contribution in [0.15, 0.2) is 46.4 Å². The molecule has 0 aliphatic heterocycles. The Hall–Kier alpha value is -1.55. The number of halogens is 1. The third kappa shape index (κ3) is 3.12. The van der Waals surface area contributed by atoms with Crippen molar-refractivity contribution in [2.75, 3.05) is 0 Å². The van der Waals surface area contributed by atoms with Gasteiger partial charge in [-0.3, -0.25) is 0 Å². The molecule has 0 amide bonds. The van der Waals surface area contributed by atoms with E-state index in [1.54, 1.807) is 0 Å². The number of allylic oxidation sites excluding steroid dienone is 3. The maximum Gasteiger partial charge on any atom is 0.180 e. The third-order valence-corrected chi connectivity index (χ3v) is 3.53. The van der Waals surface area contributed by atoms with Crippen LogP contribution in [-0.2, 0) is 0 Å².